The summed E-state index contributed by atoms with van der Waals surface area (Å²) in [7, 11) is 0. The lowest BCUT2D eigenvalue weighted by Gasteiger charge is -2.22. The van der Waals surface area contributed by atoms with Crippen molar-refractivity contribution in [2.75, 3.05) is 0 Å². The molecular weight excluding hydrogens is 332 g/mol. The minimum absolute atomic E-state index is 0.109. The van der Waals surface area contributed by atoms with E-state index in [0.717, 1.165) is 18.6 Å². The Morgan fingerprint density at radius 2 is 1.52 bits per heavy atom. The summed E-state index contributed by atoms with van der Waals surface area (Å²) in [5, 5.41) is 2.45. The van der Waals surface area contributed by atoms with Crippen molar-refractivity contribution in [1.82, 2.24) is 0 Å². The van der Waals surface area contributed by atoms with Gasteiger partial charge in [0.1, 0.15) is 5.75 Å². The Morgan fingerprint density at radius 1 is 0.815 bits per heavy atom. The summed E-state index contributed by atoms with van der Waals surface area (Å²) < 4.78 is 12.2. The summed E-state index contributed by atoms with van der Waals surface area (Å²) in [5.74, 6) is 1.43. The number of hydrogen-bond acceptors (Lipinski definition) is 2. The second kappa shape index (κ2) is 9.05. The first-order valence-corrected chi connectivity index (χ1v) is 9.95. The van der Waals surface area contributed by atoms with E-state index in [1.54, 1.807) is 0 Å². The molecule has 0 heterocycles. The van der Waals surface area contributed by atoms with E-state index in [1.165, 1.54) is 21.9 Å². The highest BCUT2D eigenvalue weighted by Gasteiger charge is 2.14. The molecule has 27 heavy (non-hydrogen) atoms. The van der Waals surface area contributed by atoms with E-state index in [2.05, 4.69) is 56.3 Å². The van der Waals surface area contributed by atoms with Crippen LogP contribution in [-0.4, -0.2) is 12.4 Å². The van der Waals surface area contributed by atoms with Crippen LogP contribution in [0.15, 0.2) is 66.7 Å². The van der Waals surface area contributed by atoms with E-state index < -0.39 is 0 Å². The molecular formula is C25H30O2. The van der Waals surface area contributed by atoms with Crippen LogP contribution in [0.3, 0.4) is 0 Å². The van der Waals surface area contributed by atoms with Gasteiger partial charge in [0.15, 0.2) is 0 Å². The number of benzene rings is 3. The van der Waals surface area contributed by atoms with Crippen LogP contribution in [0.25, 0.3) is 10.8 Å². The maximum atomic E-state index is 6.21. The smallest absolute Gasteiger partial charge is 0.204 e. The molecule has 2 nitrogen and oxygen atoms in total. The average molecular weight is 363 g/mol. The van der Waals surface area contributed by atoms with Gasteiger partial charge in [-0.25, -0.2) is 0 Å². The highest BCUT2D eigenvalue weighted by Crippen LogP contribution is 2.27. The van der Waals surface area contributed by atoms with Gasteiger partial charge >= 0.3 is 0 Å². The molecule has 3 aromatic carbocycles. The van der Waals surface area contributed by atoms with Crippen LogP contribution in [-0.2, 0) is 11.2 Å². The predicted molar refractivity (Wildman–Crippen MR) is 113 cm³/mol. The van der Waals surface area contributed by atoms with Crippen LogP contribution in [0.5, 0.6) is 5.75 Å². The molecule has 0 bridgehead atoms. The first-order valence-electron chi connectivity index (χ1n) is 9.95. The van der Waals surface area contributed by atoms with Crippen LogP contribution in [0.1, 0.15) is 51.2 Å². The zero-order valence-electron chi connectivity index (χ0n) is 16.8. The Balaban J connectivity index is 1.79. The van der Waals surface area contributed by atoms with Crippen molar-refractivity contribution in [3.8, 4) is 5.75 Å². The van der Waals surface area contributed by atoms with E-state index >= 15 is 0 Å². The van der Waals surface area contributed by atoms with Crippen molar-refractivity contribution in [3.63, 3.8) is 0 Å². The molecule has 0 fully saturated rings. The minimum Gasteiger partial charge on any atom is -0.465 e. The number of fused-ring (bicyclic) bond motifs is 1. The first kappa shape index (κ1) is 19.4. The van der Waals surface area contributed by atoms with E-state index in [1.807, 2.05) is 38.1 Å². The van der Waals surface area contributed by atoms with Gasteiger partial charge in [-0.2, -0.15) is 0 Å². The second-order valence-electron chi connectivity index (χ2n) is 7.50. The van der Waals surface area contributed by atoms with Gasteiger partial charge in [0, 0.05) is 6.42 Å². The number of rotatable bonds is 8. The van der Waals surface area contributed by atoms with Gasteiger partial charge in [-0.05, 0) is 60.2 Å². The van der Waals surface area contributed by atoms with Gasteiger partial charge in [-0.1, -0.05) is 68.4 Å². The normalized spacial score (nSPS) is 13.7. The molecule has 3 rings (SSSR count). The van der Waals surface area contributed by atoms with Gasteiger partial charge in [0.2, 0.25) is 6.29 Å². The zero-order chi connectivity index (χ0) is 19.2. The van der Waals surface area contributed by atoms with Crippen molar-refractivity contribution in [2.24, 2.45) is 0 Å². The third-order valence-corrected chi connectivity index (χ3v) is 4.95. The van der Waals surface area contributed by atoms with Gasteiger partial charge in [-0.15, -0.1) is 0 Å². The Bertz CT molecular complexity index is 855. The molecule has 0 aliphatic carbocycles. The molecule has 3 aromatic rings. The van der Waals surface area contributed by atoms with Crippen LogP contribution < -0.4 is 4.74 Å². The summed E-state index contributed by atoms with van der Waals surface area (Å²) in [6, 6.07) is 23.4. The fourth-order valence-corrected chi connectivity index (χ4v) is 3.24. The molecule has 0 saturated carbocycles. The number of ether oxygens (including phenoxy) is 2. The lowest BCUT2D eigenvalue weighted by molar-refractivity contribution is -0.106. The zero-order valence-corrected chi connectivity index (χ0v) is 16.8. The highest BCUT2D eigenvalue weighted by atomic mass is 16.7. The highest BCUT2D eigenvalue weighted by molar-refractivity contribution is 5.84. The van der Waals surface area contributed by atoms with Gasteiger partial charge < -0.3 is 9.47 Å². The Morgan fingerprint density at radius 3 is 2.22 bits per heavy atom. The molecule has 0 N–H and O–H groups in total. The van der Waals surface area contributed by atoms with Crippen molar-refractivity contribution in [1.29, 1.82) is 0 Å². The van der Waals surface area contributed by atoms with Crippen LogP contribution >= 0.6 is 0 Å². The molecule has 0 aliphatic rings. The summed E-state index contributed by atoms with van der Waals surface area (Å²) >= 11 is 0. The molecule has 0 saturated heterocycles. The van der Waals surface area contributed by atoms with Crippen molar-refractivity contribution in [2.45, 2.75) is 58.8 Å². The third kappa shape index (κ3) is 5.33. The fourth-order valence-electron chi connectivity index (χ4n) is 3.24. The van der Waals surface area contributed by atoms with Crippen LogP contribution in [0.2, 0.25) is 0 Å². The molecule has 0 radical (unpaired) electrons. The quantitative estimate of drug-likeness (QED) is 0.414. The molecule has 2 unspecified atom stereocenters. The largest absolute Gasteiger partial charge is 0.465 e. The third-order valence-electron chi connectivity index (χ3n) is 4.95. The summed E-state index contributed by atoms with van der Waals surface area (Å²) in [6.45, 7) is 8.58. The molecule has 2 atom stereocenters. The molecule has 0 aliphatic heterocycles. The van der Waals surface area contributed by atoms with Crippen LogP contribution in [0, 0.1) is 0 Å². The van der Waals surface area contributed by atoms with E-state index in [9.17, 15) is 0 Å². The lowest BCUT2D eigenvalue weighted by atomic mass is 9.96. The van der Waals surface area contributed by atoms with Crippen molar-refractivity contribution in [3.05, 3.63) is 77.9 Å². The molecule has 0 amide bonds. The SMILES string of the molecule is CCC(C)c1ccc2cc(OC(Cc3ccccc3)OC(C)C)ccc2c1. The van der Waals surface area contributed by atoms with Gasteiger partial charge in [0.05, 0.1) is 6.10 Å². The lowest BCUT2D eigenvalue weighted by Crippen LogP contribution is -2.26. The van der Waals surface area contributed by atoms with Gasteiger partial charge in [-0.3, -0.25) is 0 Å². The monoisotopic (exact) mass is 362 g/mol. The minimum atomic E-state index is -0.302. The predicted octanol–water partition coefficient (Wildman–Crippen LogP) is 6.73. The fraction of sp³-hybridized carbons (Fsp3) is 0.360. The molecule has 142 valence electrons. The summed E-state index contributed by atoms with van der Waals surface area (Å²) in [5.41, 5.74) is 2.60. The maximum Gasteiger partial charge on any atom is 0.204 e. The van der Waals surface area contributed by atoms with Crippen molar-refractivity contribution >= 4 is 10.8 Å². The summed E-state index contributed by atoms with van der Waals surface area (Å²) in [6.07, 6.45) is 1.69. The second-order valence-corrected chi connectivity index (χ2v) is 7.50. The van der Waals surface area contributed by atoms with Crippen molar-refractivity contribution < 1.29 is 9.47 Å². The average Bonchev–Trinajstić information content (AvgIpc) is 2.67. The molecule has 0 spiro atoms. The Labute approximate surface area is 163 Å². The van der Waals surface area contributed by atoms with Gasteiger partial charge in [0.25, 0.3) is 0 Å². The van der Waals surface area contributed by atoms with E-state index in [0.29, 0.717) is 5.92 Å². The topological polar surface area (TPSA) is 18.5 Å². The Hall–Kier alpha value is -2.32. The molecule has 0 aromatic heterocycles. The summed E-state index contributed by atoms with van der Waals surface area (Å²) in [4.78, 5) is 0. The molecule has 2 heteroatoms. The maximum absolute atomic E-state index is 6.21. The first-order chi connectivity index (χ1) is 13.0. The standard InChI is InChI=1S/C25H30O2/c1-5-19(4)21-11-12-23-17-24(14-13-22(23)16-21)27-25(26-18(2)3)15-20-9-7-6-8-10-20/h6-14,16-19,25H,5,15H2,1-4H3. The van der Waals surface area contributed by atoms with E-state index in [4.69, 9.17) is 9.47 Å². The van der Waals surface area contributed by atoms with E-state index in [-0.39, 0.29) is 12.4 Å². The Kier molecular flexibility index (Phi) is 6.52. The number of hydrogen-bond donors (Lipinski definition) is 0. The van der Waals surface area contributed by atoms with Crippen LogP contribution in [0.4, 0.5) is 0 Å².